The molecule has 66 valence electrons. The van der Waals surface area contributed by atoms with Crippen LogP contribution in [-0.4, -0.2) is 23.0 Å². The third-order valence-electron chi connectivity index (χ3n) is 1.87. The van der Waals surface area contributed by atoms with Gasteiger partial charge in [-0.05, 0) is 6.07 Å². The first-order valence-corrected chi connectivity index (χ1v) is 3.83. The zero-order chi connectivity index (χ0) is 9.26. The molecular weight excluding hydrogens is 168 g/mol. The second kappa shape index (κ2) is 2.90. The van der Waals surface area contributed by atoms with Crippen LogP contribution >= 0.6 is 0 Å². The number of pyridine rings is 1. The Morgan fingerprint density at radius 2 is 2.38 bits per heavy atom. The first-order chi connectivity index (χ1) is 6.33. The largest absolute Gasteiger partial charge is 0.465 e. The molecule has 2 aromatic heterocycles. The van der Waals surface area contributed by atoms with Gasteiger partial charge >= 0.3 is 5.97 Å². The molecule has 2 rings (SSSR count). The second-order valence-electron chi connectivity index (χ2n) is 2.60. The summed E-state index contributed by atoms with van der Waals surface area (Å²) in [7, 11) is 1.36. The quantitative estimate of drug-likeness (QED) is 0.667. The van der Waals surface area contributed by atoms with Crippen LogP contribution in [0.25, 0.3) is 10.9 Å². The minimum absolute atomic E-state index is 0.341. The Morgan fingerprint density at radius 1 is 1.54 bits per heavy atom. The molecule has 1 N–H and O–H groups in total. The number of carbonyl (C=O) groups is 1. The van der Waals surface area contributed by atoms with Crippen LogP contribution < -0.4 is 0 Å². The van der Waals surface area contributed by atoms with Crippen molar-refractivity contribution >= 4 is 16.9 Å². The summed E-state index contributed by atoms with van der Waals surface area (Å²) in [5.41, 5.74) is 1.30. The Bertz CT molecular complexity index is 448. The number of ether oxygens (including phenoxy) is 1. The van der Waals surface area contributed by atoms with Gasteiger partial charge in [-0.1, -0.05) is 0 Å². The molecule has 2 aromatic rings. The van der Waals surface area contributed by atoms with Crippen LogP contribution in [0.5, 0.6) is 0 Å². The minimum Gasteiger partial charge on any atom is -0.465 e. The summed E-state index contributed by atoms with van der Waals surface area (Å²) in [5, 5.41) is 0.786. The number of hydrogen-bond acceptors (Lipinski definition) is 3. The summed E-state index contributed by atoms with van der Waals surface area (Å²) in [6, 6.07) is 1.64. The van der Waals surface area contributed by atoms with E-state index in [9.17, 15) is 4.79 Å². The molecule has 2 heterocycles. The fourth-order valence-corrected chi connectivity index (χ4v) is 1.25. The highest BCUT2D eigenvalue weighted by molar-refractivity contribution is 6.02. The molecule has 0 bridgehead atoms. The minimum atomic E-state index is -0.341. The average Bonchev–Trinajstić information content (AvgIpc) is 2.63. The van der Waals surface area contributed by atoms with E-state index in [2.05, 4.69) is 14.7 Å². The number of methoxy groups -OCH3 is 1. The van der Waals surface area contributed by atoms with Crippen molar-refractivity contribution in [2.45, 2.75) is 0 Å². The van der Waals surface area contributed by atoms with E-state index in [1.807, 2.05) is 0 Å². The second-order valence-corrected chi connectivity index (χ2v) is 2.60. The predicted molar refractivity (Wildman–Crippen MR) is 47.4 cm³/mol. The van der Waals surface area contributed by atoms with E-state index in [0.29, 0.717) is 5.56 Å². The highest BCUT2D eigenvalue weighted by atomic mass is 16.5. The van der Waals surface area contributed by atoms with E-state index in [1.54, 1.807) is 24.7 Å². The fraction of sp³-hybridized carbons (Fsp3) is 0.111. The molecule has 4 nitrogen and oxygen atoms in total. The molecule has 0 aliphatic rings. The van der Waals surface area contributed by atoms with Crippen LogP contribution in [0.1, 0.15) is 10.4 Å². The molecule has 0 radical (unpaired) electrons. The lowest BCUT2D eigenvalue weighted by Gasteiger charge is -1.98. The number of aromatic amines is 1. The third kappa shape index (κ3) is 1.16. The summed E-state index contributed by atoms with van der Waals surface area (Å²) in [4.78, 5) is 18.2. The number of H-pyrrole nitrogens is 1. The fourth-order valence-electron chi connectivity index (χ4n) is 1.25. The highest BCUT2D eigenvalue weighted by Gasteiger charge is 2.10. The molecule has 0 aliphatic carbocycles. The molecule has 0 aromatic carbocycles. The Kier molecular flexibility index (Phi) is 1.73. The van der Waals surface area contributed by atoms with Gasteiger partial charge in [0.05, 0.1) is 18.2 Å². The van der Waals surface area contributed by atoms with E-state index in [1.165, 1.54) is 7.11 Å². The van der Waals surface area contributed by atoms with Gasteiger partial charge in [0, 0.05) is 24.0 Å². The molecule has 0 amide bonds. The maximum absolute atomic E-state index is 11.3. The number of nitrogens with zero attached hydrogens (tertiary/aromatic N) is 1. The number of esters is 1. The maximum atomic E-state index is 11.3. The lowest BCUT2D eigenvalue weighted by molar-refractivity contribution is 0.0603. The van der Waals surface area contributed by atoms with Crippen molar-refractivity contribution in [2.75, 3.05) is 7.11 Å². The molecule has 0 spiro atoms. The molecule has 4 heteroatoms. The molecule has 0 atom stereocenters. The summed E-state index contributed by atoms with van der Waals surface area (Å²) < 4.78 is 4.63. The van der Waals surface area contributed by atoms with Gasteiger partial charge in [0.2, 0.25) is 0 Å². The van der Waals surface area contributed by atoms with Crippen molar-refractivity contribution in [3.63, 3.8) is 0 Å². The van der Waals surface area contributed by atoms with Crippen LogP contribution in [0, 0.1) is 0 Å². The van der Waals surface area contributed by atoms with E-state index in [4.69, 9.17) is 0 Å². The topological polar surface area (TPSA) is 55.0 Å². The van der Waals surface area contributed by atoms with Gasteiger partial charge in [-0.3, -0.25) is 4.98 Å². The summed E-state index contributed by atoms with van der Waals surface area (Å²) in [6.45, 7) is 0. The smallest absolute Gasteiger partial charge is 0.338 e. The van der Waals surface area contributed by atoms with Crippen LogP contribution in [-0.2, 0) is 4.74 Å². The molecule has 13 heavy (non-hydrogen) atoms. The van der Waals surface area contributed by atoms with Gasteiger partial charge in [0.25, 0.3) is 0 Å². The van der Waals surface area contributed by atoms with Crippen molar-refractivity contribution in [1.82, 2.24) is 9.97 Å². The number of hydrogen-bond donors (Lipinski definition) is 1. The number of fused-ring (bicyclic) bond motifs is 1. The standard InChI is InChI=1S/C9H8N2O2/c1-13-9(12)6-2-3-11-8-5-10-4-7(6)8/h2-5,10H,1H3. The van der Waals surface area contributed by atoms with Gasteiger partial charge in [0.1, 0.15) is 0 Å². The number of aromatic nitrogens is 2. The first kappa shape index (κ1) is 7.79. The van der Waals surface area contributed by atoms with Gasteiger partial charge < -0.3 is 9.72 Å². The maximum Gasteiger partial charge on any atom is 0.338 e. The summed E-state index contributed by atoms with van der Waals surface area (Å²) >= 11 is 0. The third-order valence-corrected chi connectivity index (χ3v) is 1.87. The summed E-state index contributed by atoms with van der Waals surface area (Å²) in [5.74, 6) is -0.341. The Labute approximate surface area is 74.5 Å². The molecule has 0 saturated heterocycles. The van der Waals surface area contributed by atoms with E-state index in [-0.39, 0.29) is 5.97 Å². The number of rotatable bonds is 1. The predicted octanol–water partition coefficient (Wildman–Crippen LogP) is 1.35. The number of nitrogens with one attached hydrogen (secondary N) is 1. The highest BCUT2D eigenvalue weighted by Crippen LogP contribution is 2.15. The van der Waals surface area contributed by atoms with Crippen molar-refractivity contribution in [3.05, 3.63) is 30.2 Å². The number of carbonyl (C=O) groups excluding carboxylic acids is 1. The van der Waals surface area contributed by atoms with E-state index >= 15 is 0 Å². The van der Waals surface area contributed by atoms with E-state index in [0.717, 1.165) is 10.9 Å². The summed E-state index contributed by atoms with van der Waals surface area (Å²) in [6.07, 6.45) is 5.05. The van der Waals surface area contributed by atoms with Gasteiger partial charge in [-0.2, -0.15) is 0 Å². The lowest BCUT2D eigenvalue weighted by atomic mass is 10.2. The van der Waals surface area contributed by atoms with Crippen molar-refractivity contribution in [1.29, 1.82) is 0 Å². The van der Waals surface area contributed by atoms with Crippen LogP contribution in [0.2, 0.25) is 0 Å². The molecule has 0 saturated carbocycles. The Balaban J connectivity index is 2.67. The molecule has 0 aliphatic heterocycles. The van der Waals surface area contributed by atoms with Crippen LogP contribution in [0.3, 0.4) is 0 Å². The average molecular weight is 176 g/mol. The SMILES string of the molecule is COC(=O)c1ccnc2c[nH]cc12. The lowest BCUT2D eigenvalue weighted by Crippen LogP contribution is -2.01. The van der Waals surface area contributed by atoms with E-state index < -0.39 is 0 Å². The normalized spacial score (nSPS) is 10.2. The molecule has 0 unspecified atom stereocenters. The van der Waals surface area contributed by atoms with Gasteiger partial charge in [-0.25, -0.2) is 4.79 Å². The monoisotopic (exact) mass is 176 g/mol. The Hall–Kier alpha value is -1.84. The van der Waals surface area contributed by atoms with Crippen molar-refractivity contribution in [2.24, 2.45) is 0 Å². The van der Waals surface area contributed by atoms with Crippen LogP contribution in [0.4, 0.5) is 0 Å². The Morgan fingerprint density at radius 3 is 3.15 bits per heavy atom. The zero-order valence-corrected chi connectivity index (χ0v) is 7.07. The van der Waals surface area contributed by atoms with Crippen molar-refractivity contribution in [3.8, 4) is 0 Å². The van der Waals surface area contributed by atoms with Gasteiger partial charge in [-0.15, -0.1) is 0 Å². The zero-order valence-electron chi connectivity index (χ0n) is 7.07. The van der Waals surface area contributed by atoms with Gasteiger partial charge in [0.15, 0.2) is 0 Å². The first-order valence-electron chi connectivity index (χ1n) is 3.83. The molecular formula is C9H8N2O2. The van der Waals surface area contributed by atoms with Crippen molar-refractivity contribution < 1.29 is 9.53 Å². The van der Waals surface area contributed by atoms with Crippen LogP contribution in [0.15, 0.2) is 24.7 Å². The molecule has 0 fully saturated rings.